The fourth-order valence-electron chi connectivity index (χ4n) is 8.94. The van der Waals surface area contributed by atoms with Crippen LogP contribution in [-0.4, -0.2) is 75.5 Å². The summed E-state index contributed by atoms with van der Waals surface area (Å²) in [5.41, 5.74) is 15.6. The number of H-pyrrole nitrogens is 1. The number of alkyl halides is 3. The third-order valence-corrected chi connectivity index (χ3v) is 11.7. The van der Waals surface area contributed by atoms with Gasteiger partial charge in [0, 0.05) is 35.3 Å². The zero-order valence-electron chi connectivity index (χ0n) is 29.9. The number of nitrogens with zero attached hydrogens (tertiary/aromatic N) is 4. The second-order valence-corrected chi connectivity index (χ2v) is 15.2. The molecule has 2 aromatic carbocycles. The number of rotatable bonds is 8. The van der Waals surface area contributed by atoms with Crippen molar-refractivity contribution in [3.63, 3.8) is 0 Å². The predicted octanol–water partition coefficient (Wildman–Crippen LogP) is 6.97. The Kier molecular flexibility index (Phi) is 9.13. The number of hydrogen-bond donors (Lipinski definition) is 3. The third kappa shape index (κ3) is 6.45. The summed E-state index contributed by atoms with van der Waals surface area (Å²) in [5, 5.41) is 8.35. The number of piperidine rings is 1. The van der Waals surface area contributed by atoms with Crippen LogP contribution in [0.1, 0.15) is 79.9 Å². The standard InChI is InChI=1S/C39H44F3N7O4/c1-5-23-17-25-31(32(53-21-39(40,41)42)30(23)29-22(3)7-8-27-26(29)18-45-48-27)46-34(24-9-15-49(16-10-24)35(51)52-4)47-33(25)37(43)13-11-36(12-14-37)19-38(44,20-36)28(50)6-2/h5-8,17-18,24H,1-2,9-16,19-21,43-44H2,3-4H3,(H,45,48). The maximum absolute atomic E-state index is 14.0. The van der Waals surface area contributed by atoms with Crippen LogP contribution in [-0.2, 0) is 15.1 Å². The van der Waals surface area contributed by atoms with E-state index < -0.39 is 30.0 Å². The highest BCUT2D eigenvalue weighted by molar-refractivity contribution is 6.05. The van der Waals surface area contributed by atoms with Crippen LogP contribution in [0.4, 0.5) is 18.0 Å². The number of carbonyl (C=O) groups is 2. The van der Waals surface area contributed by atoms with E-state index in [0.29, 0.717) is 109 Å². The average molecular weight is 732 g/mol. The first kappa shape index (κ1) is 36.5. The first-order valence-electron chi connectivity index (χ1n) is 17.8. The first-order chi connectivity index (χ1) is 25.1. The van der Waals surface area contributed by atoms with Crippen molar-refractivity contribution in [2.75, 3.05) is 26.8 Å². The number of aryl methyl sites for hydroxylation is 1. The molecule has 11 nitrogen and oxygen atoms in total. The molecule has 2 aliphatic carbocycles. The Morgan fingerprint density at radius 3 is 2.38 bits per heavy atom. The highest BCUT2D eigenvalue weighted by Crippen LogP contribution is 2.59. The number of fused-ring (bicyclic) bond motifs is 2. The van der Waals surface area contributed by atoms with Gasteiger partial charge in [0.1, 0.15) is 11.3 Å². The summed E-state index contributed by atoms with van der Waals surface area (Å²) in [6.07, 6.45) is 3.94. The van der Waals surface area contributed by atoms with Crippen LogP contribution in [0.25, 0.3) is 39.0 Å². The number of carbonyl (C=O) groups excluding carboxylic acids is 2. The lowest BCUT2D eigenvalue weighted by molar-refractivity contribution is -0.153. The van der Waals surface area contributed by atoms with Gasteiger partial charge in [0.05, 0.1) is 35.6 Å². The van der Waals surface area contributed by atoms with Gasteiger partial charge in [-0.2, -0.15) is 18.3 Å². The van der Waals surface area contributed by atoms with E-state index in [9.17, 15) is 22.8 Å². The molecule has 0 atom stereocenters. The number of benzene rings is 2. The summed E-state index contributed by atoms with van der Waals surface area (Å²) in [5.74, 6) is -0.00760. The predicted molar refractivity (Wildman–Crippen MR) is 195 cm³/mol. The lowest BCUT2D eigenvalue weighted by atomic mass is 9.49. The molecular formula is C39H44F3N7O4. The molecule has 14 heteroatoms. The van der Waals surface area contributed by atoms with E-state index in [1.165, 1.54) is 13.2 Å². The van der Waals surface area contributed by atoms with Gasteiger partial charge in [0.2, 0.25) is 0 Å². The summed E-state index contributed by atoms with van der Waals surface area (Å²) in [6, 6.07) is 5.59. The number of amides is 1. The monoisotopic (exact) mass is 731 g/mol. The molecule has 3 aliphatic rings. The zero-order valence-corrected chi connectivity index (χ0v) is 29.9. The minimum absolute atomic E-state index is 0.0471. The van der Waals surface area contributed by atoms with Crippen LogP contribution in [0.2, 0.25) is 0 Å². The van der Waals surface area contributed by atoms with Gasteiger partial charge in [-0.25, -0.2) is 14.8 Å². The van der Waals surface area contributed by atoms with Crippen LogP contribution >= 0.6 is 0 Å². The number of ether oxygens (including phenoxy) is 2. The van der Waals surface area contributed by atoms with E-state index in [1.807, 2.05) is 25.1 Å². The van der Waals surface area contributed by atoms with Gasteiger partial charge in [-0.1, -0.05) is 25.3 Å². The van der Waals surface area contributed by atoms with E-state index in [-0.39, 0.29) is 28.4 Å². The number of nitrogens with one attached hydrogen (secondary N) is 1. The molecule has 2 aromatic heterocycles. The van der Waals surface area contributed by atoms with Crippen LogP contribution in [0.3, 0.4) is 0 Å². The minimum Gasteiger partial charge on any atom is -0.481 e. The molecule has 2 saturated carbocycles. The number of methoxy groups -OCH3 is 1. The number of ketones is 1. The van der Waals surface area contributed by atoms with Gasteiger partial charge >= 0.3 is 12.3 Å². The van der Waals surface area contributed by atoms with Crippen LogP contribution in [0, 0.1) is 12.3 Å². The van der Waals surface area contributed by atoms with Crippen molar-refractivity contribution in [3.8, 4) is 16.9 Å². The zero-order chi connectivity index (χ0) is 37.9. The largest absolute Gasteiger partial charge is 0.481 e. The lowest BCUT2D eigenvalue weighted by Gasteiger charge is -2.57. The van der Waals surface area contributed by atoms with Gasteiger partial charge in [-0.15, -0.1) is 0 Å². The first-order valence-corrected chi connectivity index (χ1v) is 17.8. The highest BCUT2D eigenvalue weighted by atomic mass is 19.4. The Hall–Kier alpha value is -4.82. The van der Waals surface area contributed by atoms with Gasteiger partial charge in [0.15, 0.2) is 18.1 Å². The maximum atomic E-state index is 14.0. The maximum Gasteiger partial charge on any atom is 0.422 e. The van der Waals surface area contributed by atoms with Gasteiger partial charge in [-0.3, -0.25) is 9.89 Å². The van der Waals surface area contributed by atoms with Crippen molar-refractivity contribution in [1.29, 1.82) is 0 Å². The van der Waals surface area contributed by atoms with Crippen LogP contribution < -0.4 is 16.2 Å². The topological polar surface area (TPSA) is 162 Å². The summed E-state index contributed by atoms with van der Waals surface area (Å²) in [6.45, 7) is 8.80. The Morgan fingerprint density at radius 1 is 1.06 bits per heavy atom. The number of likely N-dealkylation sites (tertiary alicyclic amines) is 1. The molecule has 3 heterocycles. The SMILES string of the molecule is C=CC(=O)C1(N)CC2(CCC(N)(c3nc(C4CCN(C(=O)OC)CC4)nc4c(OCC(F)(F)F)c(-c5c(C)ccc6[nH]ncc56)c(C=C)cc34)CC2)C1. The smallest absolute Gasteiger partial charge is 0.422 e. The van der Waals surface area contributed by atoms with E-state index in [4.69, 9.17) is 30.9 Å². The molecule has 1 aliphatic heterocycles. The Morgan fingerprint density at radius 2 is 1.75 bits per heavy atom. The van der Waals surface area contributed by atoms with Crippen molar-refractivity contribution in [2.45, 2.75) is 81.5 Å². The third-order valence-electron chi connectivity index (χ3n) is 11.7. The Bertz CT molecular complexity index is 2120. The number of hydrogen-bond acceptors (Lipinski definition) is 9. The van der Waals surface area contributed by atoms with Gasteiger partial charge in [0.25, 0.3) is 0 Å². The highest BCUT2D eigenvalue weighted by Gasteiger charge is 2.58. The number of nitrogens with two attached hydrogens (primary N) is 2. The molecule has 4 aromatic rings. The molecule has 1 amide bonds. The second-order valence-electron chi connectivity index (χ2n) is 15.2. The molecule has 53 heavy (non-hydrogen) atoms. The van der Waals surface area contributed by atoms with Crippen molar-refractivity contribution in [3.05, 3.63) is 66.3 Å². The van der Waals surface area contributed by atoms with Crippen molar-refractivity contribution < 1.29 is 32.2 Å². The fraction of sp³-hybridized carbons (Fsp3) is 0.462. The Balaban J connectivity index is 1.41. The molecule has 0 unspecified atom stereocenters. The molecule has 0 bridgehead atoms. The quantitative estimate of drug-likeness (QED) is 0.163. The summed E-state index contributed by atoms with van der Waals surface area (Å²) >= 11 is 0. The Labute approximate surface area is 305 Å². The minimum atomic E-state index is -4.65. The molecule has 5 N–H and O–H groups in total. The summed E-state index contributed by atoms with van der Waals surface area (Å²) in [7, 11) is 1.33. The summed E-state index contributed by atoms with van der Waals surface area (Å²) < 4.78 is 52.8. The summed E-state index contributed by atoms with van der Waals surface area (Å²) in [4.78, 5) is 36.6. The van der Waals surface area contributed by atoms with Crippen molar-refractivity contribution >= 4 is 39.8 Å². The molecule has 1 spiro atoms. The van der Waals surface area contributed by atoms with E-state index >= 15 is 0 Å². The normalized spacial score (nSPS) is 25.0. The number of halogens is 3. The van der Waals surface area contributed by atoms with Crippen molar-refractivity contribution in [1.82, 2.24) is 25.1 Å². The lowest BCUT2D eigenvalue weighted by Crippen LogP contribution is -2.64. The molecule has 1 saturated heterocycles. The van der Waals surface area contributed by atoms with E-state index in [1.54, 1.807) is 17.2 Å². The second kappa shape index (κ2) is 13.2. The van der Waals surface area contributed by atoms with E-state index in [0.717, 1.165) is 5.56 Å². The fourth-order valence-corrected chi connectivity index (χ4v) is 8.94. The number of aromatic amines is 1. The molecule has 0 radical (unpaired) electrons. The number of aromatic nitrogens is 4. The molecule has 280 valence electrons. The van der Waals surface area contributed by atoms with Crippen LogP contribution in [0.15, 0.2) is 43.6 Å². The molecular weight excluding hydrogens is 687 g/mol. The average Bonchev–Trinajstić information content (AvgIpc) is 3.61. The van der Waals surface area contributed by atoms with Crippen LogP contribution in [0.5, 0.6) is 5.75 Å². The molecule has 3 fully saturated rings. The van der Waals surface area contributed by atoms with Crippen molar-refractivity contribution in [2.24, 2.45) is 16.9 Å². The van der Waals surface area contributed by atoms with Gasteiger partial charge < -0.3 is 25.8 Å². The van der Waals surface area contributed by atoms with E-state index in [2.05, 4.69) is 23.4 Å². The van der Waals surface area contributed by atoms with Gasteiger partial charge in [-0.05, 0) is 98.6 Å². The molecule has 7 rings (SSSR count).